The van der Waals surface area contributed by atoms with Crippen molar-refractivity contribution in [1.82, 2.24) is 9.97 Å². The molecule has 1 heterocycles. The van der Waals surface area contributed by atoms with Gasteiger partial charge in [-0.05, 0) is 6.42 Å². The van der Waals surface area contributed by atoms with Crippen LogP contribution in [0.3, 0.4) is 0 Å². The molecule has 90 valence electrons. The lowest BCUT2D eigenvalue weighted by atomic mass is 10.2. The van der Waals surface area contributed by atoms with Crippen molar-refractivity contribution in [3.8, 4) is 5.75 Å². The highest BCUT2D eigenvalue weighted by atomic mass is 16.5. The summed E-state index contributed by atoms with van der Waals surface area (Å²) in [4.78, 5) is 7.95. The molecule has 0 aliphatic rings. The monoisotopic (exact) mass is 227 g/mol. The Morgan fingerprint density at radius 1 is 1.50 bits per heavy atom. The highest BCUT2D eigenvalue weighted by Gasteiger charge is 2.14. The molecule has 1 aromatic rings. The van der Waals surface area contributed by atoms with Crippen LogP contribution in [0.4, 0.5) is 11.6 Å². The first-order valence-electron chi connectivity index (χ1n) is 4.99. The summed E-state index contributed by atoms with van der Waals surface area (Å²) in [6, 6.07) is -0.0746. The number of aliphatic hydroxyl groups excluding tert-OH is 1. The average molecular weight is 227 g/mol. The lowest BCUT2D eigenvalue weighted by molar-refractivity contribution is 0.271. The summed E-state index contributed by atoms with van der Waals surface area (Å²) < 4.78 is 5.15. The molecule has 0 bridgehead atoms. The zero-order chi connectivity index (χ0) is 12.0. The van der Waals surface area contributed by atoms with Gasteiger partial charge in [0.05, 0.1) is 19.8 Å². The van der Waals surface area contributed by atoms with Gasteiger partial charge in [0, 0.05) is 0 Å². The summed E-state index contributed by atoms with van der Waals surface area (Å²) in [5, 5.41) is 12.1. The molecular formula is C9H17N5O2. The topological polar surface area (TPSA) is 105 Å². The summed E-state index contributed by atoms with van der Waals surface area (Å²) in [5.74, 6) is 6.62. The van der Waals surface area contributed by atoms with Gasteiger partial charge in [-0.25, -0.2) is 15.8 Å². The summed E-state index contributed by atoms with van der Waals surface area (Å²) >= 11 is 0. The van der Waals surface area contributed by atoms with Crippen molar-refractivity contribution in [3.05, 3.63) is 6.33 Å². The van der Waals surface area contributed by atoms with Crippen molar-refractivity contribution in [2.24, 2.45) is 5.84 Å². The van der Waals surface area contributed by atoms with Crippen molar-refractivity contribution >= 4 is 11.6 Å². The van der Waals surface area contributed by atoms with Crippen LogP contribution in [0.5, 0.6) is 5.75 Å². The molecule has 5 N–H and O–H groups in total. The average Bonchev–Trinajstić information content (AvgIpc) is 2.35. The SMILES string of the molecule is CCC(CO)Nc1ncnc(NN)c1OC. The third kappa shape index (κ3) is 2.71. The first-order chi connectivity index (χ1) is 7.76. The van der Waals surface area contributed by atoms with Gasteiger partial charge in [0.15, 0.2) is 11.6 Å². The number of aliphatic hydroxyl groups is 1. The minimum absolute atomic E-state index is 0.0229. The van der Waals surface area contributed by atoms with Crippen molar-refractivity contribution in [3.63, 3.8) is 0 Å². The summed E-state index contributed by atoms with van der Waals surface area (Å²) in [6.07, 6.45) is 2.14. The fourth-order valence-electron chi connectivity index (χ4n) is 1.24. The van der Waals surface area contributed by atoms with E-state index in [1.807, 2.05) is 6.92 Å². The Hall–Kier alpha value is -1.60. The van der Waals surface area contributed by atoms with E-state index in [0.29, 0.717) is 17.4 Å². The number of methoxy groups -OCH3 is 1. The lowest BCUT2D eigenvalue weighted by Crippen LogP contribution is -2.24. The van der Waals surface area contributed by atoms with Gasteiger partial charge in [-0.3, -0.25) is 0 Å². The van der Waals surface area contributed by atoms with Crippen molar-refractivity contribution in [2.75, 3.05) is 24.5 Å². The lowest BCUT2D eigenvalue weighted by Gasteiger charge is -2.17. The number of nitrogens with two attached hydrogens (primary N) is 1. The number of nitrogens with one attached hydrogen (secondary N) is 2. The van der Waals surface area contributed by atoms with E-state index >= 15 is 0 Å². The minimum Gasteiger partial charge on any atom is -0.490 e. The molecule has 0 aliphatic heterocycles. The number of hydrazine groups is 1. The van der Waals surface area contributed by atoms with E-state index in [1.165, 1.54) is 13.4 Å². The number of rotatable bonds is 6. The Labute approximate surface area is 94.0 Å². The number of ether oxygens (including phenoxy) is 1. The van der Waals surface area contributed by atoms with Crippen LogP contribution in [0.1, 0.15) is 13.3 Å². The first kappa shape index (κ1) is 12.5. The highest BCUT2D eigenvalue weighted by molar-refractivity contribution is 5.63. The van der Waals surface area contributed by atoms with Gasteiger partial charge in [-0.15, -0.1) is 0 Å². The molecule has 7 nitrogen and oxygen atoms in total. The normalized spacial score (nSPS) is 12.0. The van der Waals surface area contributed by atoms with E-state index in [2.05, 4.69) is 20.7 Å². The predicted molar refractivity (Wildman–Crippen MR) is 61.2 cm³/mol. The Bertz CT molecular complexity index is 330. The number of nitrogen functional groups attached to an aromatic ring is 1. The second kappa shape index (κ2) is 6.09. The predicted octanol–water partition coefficient (Wildman–Crippen LogP) is -0.0464. The van der Waals surface area contributed by atoms with E-state index in [9.17, 15) is 0 Å². The molecule has 0 radical (unpaired) electrons. The van der Waals surface area contributed by atoms with Gasteiger partial charge in [0.2, 0.25) is 5.75 Å². The molecule has 1 unspecified atom stereocenters. The minimum atomic E-state index is -0.0746. The molecule has 0 aromatic carbocycles. The van der Waals surface area contributed by atoms with E-state index in [1.54, 1.807) is 0 Å². The molecule has 0 aliphatic carbocycles. The fraction of sp³-hybridized carbons (Fsp3) is 0.556. The second-order valence-corrected chi connectivity index (χ2v) is 3.18. The molecule has 1 aromatic heterocycles. The maximum absolute atomic E-state index is 9.09. The van der Waals surface area contributed by atoms with Crippen LogP contribution in [0.25, 0.3) is 0 Å². The van der Waals surface area contributed by atoms with Gasteiger partial charge in [0.1, 0.15) is 6.33 Å². The smallest absolute Gasteiger partial charge is 0.205 e. The second-order valence-electron chi connectivity index (χ2n) is 3.18. The molecule has 0 saturated heterocycles. The van der Waals surface area contributed by atoms with Gasteiger partial charge >= 0.3 is 0 Å². The van der Waals surface area contributed by atoms with Gasteiger partial charge < -0.3 is 20.6 Å². The molecule has 1 atom stereocenters. The van der Waals surface area contributed by atoms with Crippen LogP contribution < -0.4 is 21.3 Å². The quantitative estimate of drug-likeness (QED) is 0.399. The molecular weight excluding hydrogens is 210 g/mol. The van der Waals surface area contributed by atoms with Crippen LogP contribution in [-0.2, 0) is 0 Å². The van der Waals surface area contributed by atoms with E-state index in [4.69, 9.17) is 15.7 Å². The fourth-order valence-corrected chi connectivity index (χ4v) is 1.24. The van der Waals surface area contributed by atoms with E-state index in [-0.39, 0.29) is 12.6 Å². The van der Waals surface area contributed by atoms with Crippen LogP contribution in [0.2, 0.25) is 0 Å². The summed E-state index contributed by atoms with van der Waals surface area (Å²) in [7, 11) is 1.50. The maximum atomic E-state index is 9.09. The van der Waals surface area contributed by atoms with Crippen LogP contribution >= 0.6 is 0 Å². The third-order valence-electron chi connectivity index (χ3n) is 2.20. The molecule has 16 heavy (non-hydrogen) atoms. The van der Waals surface area contributed by atoms with E-state index in [0.717, 1.165) is 6.42 Å². The van der Waals surface area contributed by atoms with Crippen LogP contribution in [0.15, 0.2) is 6.33 Å². The molecule has 0 amide bonds. The number of hydrogen-bond acceptors (Lipinski definition) is 7. The van der Waals surface area contributed by atoms with Gasteiger partial charge in [-0.2, -0.15) is 0 Å². The molecule has 0 saturated carbocycles. The molecule has 0 spiro atoms. The van der Waals surface area contributed by atoms with Gasteiger partial charge in [0.25, 0.3) is 0 Å². The Balaban J connectivity index is 2.94. The first-order valence-corrected chi connectivity index (χ1v) is 4.99. The van der Waals surface area contributed by atoms with Crippen LogP contribution in [0, 0.1) is 0 Å². The number of hydrogen-bond donors (Lipinski definition) is 4. The third-order valence-corrected chi connectivity index (χ3v) is 2.20. The summed E-state index contributed by atoms with van der Waals surface area (Å²) in [6.45, 7) is 1.98. The van der Waals surface area contributed by atoms with Crippen molar-refractivity contribution < 1.29 is 9.84 Å². The largest absolute Gasteiger partial charge is 0.490 e. The van der Waals surface area contributed by atoms with Gasteiger partial charge in [-0.1, -0.05) is 6.92 Å². The number of aromatic nitrogens is 2. The zero-order valence-electron chi connectivity index (χ0n) is 9.40. The number of nitrogens with zero attached hydrogens (tertiary/aromatic N) is 2. The Morgan fingerprint density at radius 2 is 2.19 bits per heavy atom. The molecule has 1 rings (SSSR count). The maximum Gasteiger partial charge on any atom is 0.205 e. The zero-order valence-corrected chi connectivity index (χ0v) is 9.40. The Kier molecular flexibility index (Phi) is 4.74. The standard InChI is InChI=1S/C9H17N5O2/c1-3-6(4-15)13-8-7(16-2)9(14-10)12-5-11-8/h5-6,15H,3-4,10H2,1-2H3,(H2,11,12,13,14). The van der Waals surface area contributed by atoms with Crippen molar-refractivity contribution in [1.29, 1.82) is 0 Å². The number of anilines is 2. The highest BCUT2D eigenvalue weighted by Crippen LogP contribution is 2.28. The molecule has 7 heteroatoms. The van der Waals surface area contributed by atoms with Crippen molar-refractivity contribution in [2.45, 2.75) is 19.4 Å². The molecule has 0 fully saturated rings. The van der Waals surface area contributed by atoms with Crippen LogP contribution in [-0.4, -0.2) is 34.8 Å². The Morgan fingerprint density at radius 3 is 2.69 bits per heavy atom. The van der Waals surface area contributed by atoms with E-state index < -0.39 is 0 Å². The summed E-state index contributed by atoms with van der Waals surface area (Å²) in [5.41, 5.74) is 2.42.